The number of fused-ring (bicyclic) bond motifs is 1. The number of aromatic nitrogens is 3. The van der Waals surface area contributed by atoms with Gasteiger partial charge < -0.3 is 9.47 Å². The normalized spacial score (nSPS) is 12.2. The summed E-state index contributed by atoms with van der Waals surface area (Å²) in [6, 6.07) is 0. The highest BCUT2D eigenvalue weighted by Gasteiger charge is 2.36. The third-order valence-electron chi connectivity index (χ3n) is 2.80. The van der Waals surface area contributed by atoms with Crippen molar-refractivity contribution in [3.8, 4) is 0 Å². The predicted octanol–water partition coefficient (Wildman–Crippen LogP) is 4.66. The van der Waals surface area contributed by atoms with Crippen molar-refractivity contribution in [3.63, 3.8) is 0 Å². The van der Waals surface area contributed by atoms with E-state index in [-0.39, 0.29) is 16.4 Å². The smallest absolute Gasteiger partial charge is 0.424 e. The molecular formula is C16H20ClIN4O4. The molecule has 0 aliphatic carbocycles. The average molecular weight is 495 g/mol. The standard InChI is InChI=1S/C16H20ClIN4O4/c1-15(2,3)25-13(23)21(14(24)26-16(4,5)6)11-9(17)7-20-22-10(18)8-19-12(11)22/h7-8H,1-6H3. The first-order valence-electron chi connectivity index (χ1n) is 7.74. The van der Waals surface area contributed by atoms with Crippen LogP contribution in [-0.2, 0) is 9.47 Å². The highest BCUT2D eigenvalue weighted by Crippen LogP contribution is 2.32. The lowest BCUT2D eigenvalue weighted by Crippen LogP contribution is -2.44. The van der Waals surface area contributed by atoms with Crippen LogP contribution in [0.1, 0.15) is 41.5 Å². The van der Waals surface area contributed by atoms with Crippen molar-refractivity contribution in [2.24, 2.45) is 0 Å². The number of carbonyl (C=O) groups is 2. The van der Waals surface area contributed by atoms with Crippen molar-refractivity contribution in [2.45, 2.75) is 52.7 Å². The van der Waals surface area contributed by atoms with E-state index in [0.717, 1.165) is 4.90 Å². The number of amides is 2. The number of hydrogen-bond acceptors (Lipinski definition) is 6. The summed E-state index contributed by atoms with van der Waals surface area (Å²) in [6.45, 7) is 10.2. The second-order valence-electron chi connectivity index (χ2n) is 7.45. The zero-order chi connectivity index (χ0) is 19.9. The van der Waals surface area contributed by atoms with Crippen LogP contribution >= 0.6 is 34.2 Å². The number of nitrogens with zero attached hydrogens (tertiary/aromatic N) is 4. The molecule has 2 amide bonds. The van der Waals surface area contributed by atoms with Gasteiger partial charge in [-0.15, -0.1) is 0 Å². The Hall–Kier alpha value is -1.62. The van der Waals surface area contributed by atoms with Gasteiger partial charge in [0.05, 0.1) is 17.4 Å². The van der Waals surface area contributed by atoms with E-state index >= 15 is 0 Å². The van der Waals surface area contributed by atoms with Crippen molar-refractivity contribution in [2.75, 3.05) is 4.90 Å². The van der Waals surface area contributed by atoms with Gasteiger partial charge in [-0.25, -0.2) is 19.1 Å². The minimum atomic E-state index is -0.917. The van der Waals surface area contributed by atoms with Gasteiger partial charge in [0.2, 0.25) is 0 Å². The summed E-state index contributed by atoms with van der Waals surface area (Å²) in [5.41, 5.74) is -1.36. The third kappa shape index (κ3) is 4.76. The number of anilines is 1. The Kier molecular flexibility index (Phi) is 5.71. The van der Waals surface area contributed by atoms with Crippen LogP contribution in [0.2, 0.25) is 5.02 Å². The van der Waals surface area contributed by atoms with Crippen LogP contribution in [0.5, 0.6) is 0 Å². The summed E-state index contributed by atoms with van der Waals surface area (Å²) in [6.07, 6.45) is 1.04. The van der Waals surface area contributed by atoms with Crippen LogP contribution in [0.4, 0.5) is 15.3 Å². The van der Waals surface area contributed by atoms with Crippen LogP contribution in [-0.4, -0.2) is 38.0 Å². The maximum atomic E-state index is 12.8. The van der Waals surface area contributed by atoms with E-state index in [1.54, 1.807) is 47.7 Å². The number of imidazole rings is 1. The van der Waals surface area contributed by atoms with Crippen molar-refractivity contribution in [1.29, 1.82) is 0 Å². The first-order chi connectivity index (χ1) is 11.8. The molecule has 0 aliphatic rings. The van der Waals surface area contributed by atoms with E-state index in [1.807, 2.05) is 22.6 Å². The molecule has 0 saturated carbocycles. The molecule has 0 radical (unpaired) electrons. The molecule has 2 aromatic heterocycles. The van der Waals surface area contributed by atoms with Gasteiger partial charge in [-0.05, 0) is 64.1 Å². The maximum absolute atomic E-state index is 12.8. The molecule has 8 nitrogen and oxygen atoms in total. The molecular weight excluding hydrogens is 475 g/mol. The van der Waals surface area contributed by atoms with Crippen LogP contribution in [0.15, 0.2) is 12.4 Å². The Labute approximate surface area is 169 Å². The van der Waals surface area contributed by atoms with Crippen molar-refractivity contribution < 1.29 is 19.1 Å². The fraction of sp³-hybridized carbons (Fsp3) is 0.500. The second-order valence-corrected chi connectivity index (χ2v) is 8.97. The highest BCUT2D eigenvalue weighted by molar-refractivity contribution is 14.1. The number of carbonyl (C=O) groups excluding carboxylic acids is 2. The fourth-order valence-corrected chi connectivity index (χ4v) is 2.66. The van der Waals surface area contributed by atoms with E-state index in [1.165, 1.54) is 10.7 Å². The third-order valence-corrected chi connectivity index (χ3v) is 3.81. The van der Waals surface area contributed by atoms with Crippen molar-refractivity contribution >= 4 is 57.7 Å². The molecule has 10 heteroatoms. The summed E-state index contributed by atoms with van der Waals surface area (Å²) in [7, 11) is 0. The van der Waals surface area contributed by atoms with Crippen LogP contribution in [0, 0.1) is 3.70 Å². The van der Waals surface area contributed by atoms with Crippen molar-refractivity contribution in [1.82, 2.24) is 14.6 Å². The summed E-state index contributed by atoms with van der Waals surface area (Å²) in [4.78, 5) is 30.5. The van der Waals surface area contributed by atoms with Crippen LogP contribution in [0.25, 0.3) is 5.65 Å². The summed E-state index contributed by atoms with van der Waals surface area (Å²) in [5, 5.41) is 4.20. The lowest BCUT2D eigenvalue weighted by Gasteiger charge is -2.28. The summed E-state index contributed by atoms with van der Waals surface area (Å²) in [5.74, 6) is 0. The molecule has 2 rings (SSSR count). The van der Waals surface area contributed by atoms with E-state index in [2.05, 4.69) is 10.1 Å². The van der Waals surface area contributed by atoms with Gasteiger partial charge in [-0.3, -0.25) is 0 Å². The Balaban J connectivity index is 2.62. The zero-order valence-corrected chi connectivity index (χ0v) is 18.2. The lowest BCUT2D eigenvalue weighted by atomic mass is 10.2. The number of ether oxygens (including phenoxy) is 2. The molecule has 2 aromatic rings. The molecule has 0 fully saturated rings. The van der Waals surface area contributed by atoms with Gasteiger partial charge in [-0.1, -0.05) is 11.6 Å². The van der Waals surface area contributed by atoms with Gasteiger partial charge in [0.25, 0.3) is 0 Å². The van der Waals surface area contributed by atoms with Crippen molar-refractivity contribution in [3.05, 3.63) is 21.1 Å². The van der Waals surface area contributed by atoms with Gasteiger partial charge in [0, 0.05) is 0 Å². The topological polar surface area (TPSA) is 86.0 Å². The van der Waals surface area contributed by atoms with Gasteiger partial charge in [-0.2, -0.15) is 10.00 Å². The highest BCUT2D eigenvalue weighted by atomic mass is 127. The fourth-order valence-electron chi connectivity index (χ4n) is 1.95. The maximum Gasteiger partial charge on any atom is 0.424 e. The van der Waals surface area contributed by atoms with E-state index < -0.39 is 23.4 Å². The SMILES string of the molecule is CC(C)(C)OC(=O)N(C(=O)OC(C)(C)C)c1c(Cl)cnn2c(I)cnc12. The monoisotopic (exact) mass is 494 g/mol. The van der Waals surface area contributed by atoms with Crippen LogP contribution < -0.4 is 4.90 Å². The van der Waals surface area contributed by atoms with Crippen LogP contribution in [0.3, 0.4) is 0 Å². The van der Waals surface area contributed by atoms with Gasteiger partial charge in [0.1, 0.15) is 20.6 Å². The second kappa shape index (κ2) is 7.18. The summed E-state index contributed by atoms with van der Waals surface area (Å²) < 4.78 is 12.9. The molecule has 0 N–H and O–H groups in total. The van der Waals surface area contributed by atoms with Gasteiger partial charge in [0.15, 0.2) is 5.65 Å². The van der Waals surface area contributed by atoms with E-state index in [4.69, 9.17) is 21.1 Å². The molecule has 0 unspecified atom stereocenters. The molecule has 0 bridgehead atoms. The van der Waals surface area contributed by atoms with E-state index in [9.17, 15) is 9.59 Å². The first kappa shape index (κ1) is 20.7. The number of halogens is 2. The number of rotatable bonds is 1. The number of imide groups is 1. The molecule has 0 spiro atoms. The number of hydrogen-bond donors (Lipinski definition) is 0. The first-order valence-corrected chi connectivity index (χ1v) is 9.19. The van der Waals surface area contributed by atoms with Gasteiger partial charge >= 0.3 is 12.2 Å². The Morgan fingerprint density at radius 1 is 1.08 bits per heavy atom. The lowest BCUT2D eigenvalue weighted by molar-refractivity contribution is 0.0431. The Morgan fingerprint density at radius 2 is 1.58 bits per heavy atom. The molecule has 0 aromatic carbocycles. The molecule has 26 heavy (non-hydrogen) atoms. The summed E-state index contributed by atoms with van der Waals surface area (Å²) >= 11 is 8.29. The molecule has 0 saturated heterocycles. The average Bonchev–Trinajstić information content (AvgIpc) is 2.79. The minimum absolute atomic E-state index is 0.0492. The largest absolute Gasteiger partial charge is 0.443 e. The van der Waals surface area contributed by atoms with E-state index in [0.29, 0.717) is 3.70 Å². The molecule has 142 valence electrons. The predicted molar refractivity (Wildman–Crippen MR) is 106 cm³/mol. The molecule has 2 heterocycles. The molecule has 0 aliphatic heterocycles. The minimum Gasteiger partial charge on any atom is -0.443 e. The Bertz CT molecular complexity index is 826. The molecule has 0 atom stereocenters. The Morgan fingerprint density at radius 3 is 2.04 bits per heavy atom. The quantitative estimate of drug-likeness (QED) is 0.536. The zero-order valence-electron chi connectivity index (χ0n) is 15.3.